The zero-order valence-electron chi connectivity index (χ0n) is 8.31. The van der Waals surface area contributed by atoms with Gasteiger partial charge in [0.1, 0.15) is 0 Å². The Morgan fingerprint density at radius 1 is 1.56 bits per heavy atom. The molecule has 0 aromatic heterocycles. The predicted octanol–water partition coefficient (Wildman–Crippen LogP) is 2.76. The lowest BCUT2D eigenvalue weighted by atomic mass is 10.1. The molecule has 0 unspecified atom stereocenters. The lowest BCUT2D eigenvalue weighted by Crippen LogP contribution is -1.95. The maximum absolute atomic E-state index is 10.8. The number of hydrogen-bond donors (Lipinski definition) is 1. The molecule has 5 nitrogen and oxygen atoms in total. The zero-order valence-corrected chi connectivity index (χ0v) is 9.89. The van der Waals surface area contributed by atoms with Crippen molar-refractivity contribution in [2.75, 3.05) is 0 Å². The van der Waals surface area contributed by atoms with Crippen LogP contribution in [0, 0.1) is 17.0 Å². The summed E-state index contributed by atoms with van der Waals surface area (Å²) in [6, 6.07) is 3.17. The predicted molar refractivity (Wildman–Crippen MR) is 62.2 cm³/mol. The van der Waals surface area contributed by atoms with E-state index in [9.17, 15) is 14.9 Å². The van der Waals surface area contributed by atoms with Crippen molar-refractivity contribution in [3.05, 3.63) is 43.9 Å². The minimum absolute atomic E-state index is 0.136. The number of nitrogens with zero attached hydrogens (tertiary/aromatic N) is 1. The summed E-state index contributed by atoms with van der Waals surface area (Å²) in [7, 11) is 0. The summed E-state index contributed by atoms with van der Waals surface area (Å²) < 4.78 is 0.336. The van der Waals surface area contributed by atoms with E-state index in [-0.39, 0.29) is 11.3 Å². The molecule has 0 spiro atoms. The smallest absolute Gasteiger partial charge is 0.328 e. The number of hydrogen-bond acceptors (Lipinski definition) is 3. The molecule has 0 heterocycles. The first-order chi connectivity index (χ1) is 7.41. The second-order valence-corrected chi connectivity index (χ2v) is 3.97. The first kappa shape index (κ1) is 12.4. The van der Waals surface area contributed by atoms with Gasteiger partial charge >= 0.3 is 5.97 Å². The molecule has 6 heteroatoms. The Morgan fingerprint density at radius 3 is 2.69 bits per heavy atom. The second-order valence-electron chi connectivity index (χ2n) is 3.11. The SMILES string of the molecule is Cc1cc(Br)c([N+](=O)[O-])c(/C=C/C(=O)O)c1. The molecule has 16 heavy (non-hydrogen) atoms. The number of nitro groups is 1. The molecule has 0 aliphatic heterocycles. The lowest BCUT2D eigenvalue weighted by Gasteiger charge is -2.02. The van der Waals surface area contributed by atoms with Gasteiger partial charge in [-0.05, 0) is 46.6 Å². The fourth-order valence-electron chi connectivity index (χ4n) is 1.24. The highest BCUT2D eigenvalue weighted by atomic mass is 79.9. The van der Waals surface area contributed by atoms with Gasteiger partial charge in [0, 0.05) is 6.08 Å². The molecular formula is C10H8BrNO4. The van der Waals surface area contributed by atoms with Crippen LogP contribution in [0.2, 0.25) is 0 Å². The lowest BCUT2D eigenvalue weighted by molar-refractivity contribution is -0.385. The Bertz CT molecular complexity index is 482. The first-order valence-electron chi connectivity index (χ1n) is 4.27. The molecule has 0 saturated carbocycles. The number of carbonyl (C=O) groups is 1. The molecular weight excluding hydrogens is 278 g/mol. The minimum Gasteiger partial charge on any atom is -0.478 e. The molecule has 0 bridgehead atoms. The van der Waals surface area contributed by atoms with E-state index >= 15 is 0 Å². The standard InChI is InChI=1S/C10H8BrNO4/c1-6-4-7(2-3-9(13)14)10(12(15)16)8(11)5-6/h2-5H,1H3,(H,13,14)/b3-2+. The van der Waals surface area contributed by atoms with Crippen LogP contribution >= 0.6 is 15.9 Å². The van der Waals surface area contributed by atoms with E-state index < -0.39 is 10.9 Å². The van der Waals surface area contributed by atoms with Gasteiger partial charge in [-0.3, -0.25) is 10.1 Å². The molecule has 0 fully saturated rings. The van der Waals surface area contributed by atoms with Crippen molar-refractivity contribution < 1.29 is 14.8 Å². The Labute approximate surface area is 99.7 Å². The summed E-state index contributed by atoms with van der Waals surface area (Å²) in [5.41, 5.74) is 0.935. The third-order valence-electron chi connectivity index (χ3n) is 1.83. The van der Waals surface area contributed by atoms with Crippen LogP contribution in [0.25, 0.3) is 6.08 Å². The number of carboxylic acid groups (broad SMARTS) is 1. The number of aryl methyl sites for hydroxylation is 1. The highest BCUT2D eigenvalue weighted by molar-refractivity contribution is 9.10. The van der Waals surface area contributed by atoms with Crippen LogP contribution in [0.5, 0.6) is 0 Å². The molecule has 1 rings (SSSR count). The Hall–Kier alpha value is -1.69. The van der Waals surface area contributed by atoms with Gasteiger partial charge in [-0.2, -0.15) is 0 Å². The fourth-order valence-corrected chi connectivity index (χ4v) is 1.98. The van der Waals surface area contributed by atoms with Crippen LogP contribution < -0.4 is 0 Å². The van der Waals surface area contributed by atoms with Crippen LogP contribution in [0.4, 0.5) is 5.69 Å². The summed E-state index contributed by atoms with van der Waals surface area (Å²) in [4.78, 5) is 20.6. The Kier molecular flexibility index (Phi) is 3.78. The van der Waals surface area contributed by atoms with E-state index in [1.807, 2.05) is 0 Å². The van der Waals surface area contributed by atoms with Crippen molar-refractivity contribution >= 4 is 33.7 Å². The maximum atomic E-state index is 10.8. The van der Waals surface area contributed by atoms with E-state index in [2.05, 4.69) is 15.9 Å². The highest BCUT2D eigenvalue weighted by Crippen LogP contribution is 2.31. The third-order valence-corrected chi connectivity index (χ3v) is 2.43. The zero-order chi connectivity index (χ0) is 12.3. The third kappa shape index (κ3) is 2.90. The van der Waals surface area contributed by atoms with E-state index in [4.69, 9.17) is 5.11 Å². The number of nitro benzene ring substituents is 1. The molecule has 0 atom stereocenters. The molecule has 0 saturated heterocycles. The number of rotatable bonds is 3. The van der Waals surface area contributed by atoms with Gasteiger partial charge in [0.15, 0.2) is 0 Å². The van der Waals surface area contributed by atoms with Crippen LogP contribution in [-0.4, -0.2) is 16.0 Å². The van der Waals surface area contributed by atoms with Crippen LogP contribution in [-0.2, 0) is 4.79 Å². The average Bonchev–Trinajstić information content (AvgIpc) is 2.12. The van der Waals surface area contributed by atoms with Crippen LogP contribution in [0.1, 0.15) is 11.1 Å². The minimum atomic E-state index is -1.15. The van der Waals surface area contributed by atoms with Crippen LogP contribution in [0.15, 0.2) is 22.7 Å². The summed E-state index contributed by atoms with van der Waals surface area (Å²) >= 11 is 3.08. The molecule has 1 N–H and O–H groups in total. The number of benzene rings is 1. The van der Waals surface area contributed by atoms with Gasteiger partial charge < -0.3 is 5.11 Å². The topological polar surface area (TPSA) is 80.4 Å². The monoisotopic (exact) mass is 285 g/mol. The molecule has 84 valence electrons. The van der Waals surface area contributed by atoms with Crippen molar-refractivity contribution in [1.82, 2.24) is 0 Å². The van der Waals surface area contributed by atoms with Crippen molar-refractivity contribution in [2.45, 2.75) is 6.92 Å². The summed E-state index contributed by atoms with van der Waals surface area (Å²) in [5.74, 6) is -1.15. The molecule has 0 aliphatic rings. The number of carboxylic acids is 1. The van der Waals surface area contributed by atoms with Crippen LogP contribution in [0.3, 0.4) is 0 Å². The fraction of sp³-hybridized carbons (Fsp3) is 0.100. The maximum Gasteiger partial charge on any atom is 0.328 e. The summed E-state index contributed by atoms with van der Waals surface area (Å²) in [6.45, 7) is 1.77. The molecule has 1 aromatic rings. The van der Waals surface area contributed by atoms with Crippen molar-refractivity contribution in [3.8, 4) is 0 Å². The summed E-state index contributed by atoms with van der Waals surface area (Å²) in [5, 5.41) is 19.3. The van der Waals surface area contributed by atoms with E-state index in [0.717, 1.165) is 11.6 Å². The molecule has 1 aromatic carbocycles. The van der Waals surface area contributed by atoms with Gasteiger partial charge in [-0.25, -0.2) is 4.79 Å². The molecule has 0 aliphatic carbocycles. The normalized spacial score (nSPS) is 10.6. The van der Waals surface area contributed by atoms with E-state index in [0.29, 0.717) is 4.47 Å². The van der Waals surface area contributed by atoms with E-state index in [1.165, 1.54) is 6.08 Å². The quantitative estimate of drug-likeness (QED) is 0.526. The highest BCUT2D eigenvalue weighted by Gasteiger charge is 2.17. The van der Waals surface area contributed by atoms with Crippen molar-refractivity contribution in [3.63, 3.8) is 0 Å². The van der Waals surface area contributed by atoms with Gasteiger partial charge in [-0.15, -0.1) is 0 Å². The molecule has 0 amide bonds. The number of aliphatic carboxylic acids is 1. The van der Waals surface area contributed by atoms with E-state index in [1.54, 1.807) is 19.1 Å². The average molecular weight is 286 g/mol. The Balaban J connectivity index is 3.35. The largest absolute Gasteiger partial charge is 0.478 e. The summed E-state index contributed by atoms with van der Waals surface area (Å²) in [6.07, 6.45) is 2.08. The van der Waals surface area contributed by atoms with Gasteiger partial charge in [0.05, 0.1) is 15.0 Å². The number of halogens is 1. The second kappa shape index (κ2) is 4.89. The van der Waals surface area contributed by atoms with Crippen molar-refractivity contribution in [1.29, 1.82) is 0 Å². The van der Waals surface area contributed by atoms with Gasteiger partial charge in [0.2, 0.25) is 0 Å². The Morgan fingerprint density at radius 2 is 2.19 bits per heavy atom. The molecule has 0 radical (unpaired) electrons. The van der Waals surface area contributed by atoms with Gasteiger partial charge in [0.25, 0.3) is 5.69 Å². The van der Waals surface area contributed by atoms with Gasteiger partial charge in [-0.1, -0.05) is 0 Å². The van der Waals surface area contributed by atoms with Crippen molar-refractivity contribution in [2.24, 2.45) is 0 Å². The first-order valence-corrected chi connectivity index (χ1v) is 5.06.